The van der Waals surface area contributed by atoms with Gasteiger partial charge in [-0.05, 0) is 12.1 Å². The third-order valence-electron chi connectivity index (χ3n) is 2.81. The second kappa shape index (κ2) is 6.71. The molecule has 1 amide bonds. The molecule has 0 aliphatic heterocycles. The Morgan fingerprint density at radius 2 is 2.23 bits per heavy atom. The maximum absolute atomic E-state index is 11.9. The topological polar surface area (TPSA) is 87.7 Å². The van der Waals surface area contributed by atoms with E-state index in [9.17, 15) is 9.59 Å². The highest BCUT2D eigenvalue weighted by molar-refractivity contribution is 7.99. The molecule has 2 heterocycles. The van der Waals surface area contributed by atoms with Gasteiger partial charge < -0.3 is 10.3 Å². The number of amides is 1. The van der Waals surface area contributed by atoms with Gasteiger partial charge in [-0.2, -0.15) is 0 Å². The molecule has 0 atom stereocenters. The van der Waals surface area contributed by atoms with E-state index in [1.807, 2.05) is 6.07 Å². The normalized spacial score (nSPS) is 10.7. The molecule has 2 N–H and O–H groups in total. The summed E-state index contributed by atoms with van der Waals surface area (Å²) >= 11 is 2.76. The maximum Gasteiger partial charge on any atom is 0.258 e. The summed E-state index contributed by atoms with van der Waals surface area (Å²) < 4.78 is 0. The molecule has 0 unspecified atom stereocenters. The Morgan fingerprint density at radius 3 is 3.05 bits per heavy atom. The zero-order valence-electron chi connectivity index (χ0n) is 11.4. The number of anilines is 1. The lowest BCUT2D eigenvalue weighted by Crippen LogP contribution is -2.15. The zero-order chi connectivity index (χ0) is 15.4. The lowest BCUT2D eigenvalue weighted by atomic mass is 10.2. The van der Waals surface area contributed by atoms with Crippen LogP contribution in [0.5, 0.6) is 0 Å². The van der Waals surface area contributed by atoms with Crippen molar-refractivity contribution in [1.82, 2.24) is 15.0 Å². The maximum atomic E-state index is 11.9. The molecule has 0 radical (unpaired) electrons. The number of hydrogen-bond donors (Lipinski definition) is 2. The van der Waals surface area contributed by atoms with Gasteiger partial charge in [0, 0.05) is 11.6 Å². The number of aromatic amines is 1. The Morgan fingerprint density at radius 1 is 1.36 bits per heavy atom. The van der Waals surface area contributed by atoms with Crippen LogP contribution in [0.25, 0.3) is 10.9 Å². The van der Waals surface area contributed by atoms with Crippen LogP contribution in [0, 0.1) is 0 Å². The van der Waals surface area contributed by atoms with E-state index in [0.29, 0.717) is 27.6 Å². The van der Waals surface area contributed by atoms with Gasteiger partial charge in [0.2, 0.25) is 5.91 Å². The van der Waals surface area contributed by atoms with Crippen LogP contribution < -0.4 is 10.9 Å². The van der Waals surface area contributed by atoms with Gasteiger partial charge in [-0.3, -0.25) is 9.59 Å². The molecule has 22 heavy (non-hydrogen) atoms. The summed E-state index contributed by atoms with van der Waals surface area (Å²) in [6.45, 7) is 0. The molecule has 0 saturated heterocycles. The Balaban J connectivity index is 1.60. The van der Waals surface area contributed by atoms with Crippen molar-refractivity contribution in [2.24, 2.45) is 0 Å². The largest absolute Gasteiger partial charge is 0.309 e. The molecule has 0 spiro atoms. The van der Waals surface area contributed by atoms with E-state index >= 15 is 0 Å². The number of nitrogens with one attached hydrogen (secondary N) is 2. The van der Waals surface area contributed by atoms with E-state index in [-0.39, 0.29) is 17.2 Å². The number of hydrogen-bond acceptors (Lipinski definition) is 6. The highest BCUT2D eigenvalue weighted by atomic mass is 32.2. The van der Waals surface area contributed by atoms with Gasteiger partial charge in [0.25, 0.3) is 5.56 Å². The minimum absolute atomic E-state index is 0.122. The number of H-pyrrole nitrogens is 1. The van der Waals surface area contributed by atoms with Gasteiger partial charge in [-0.15, -0.1) is 23.1 Å². The average Bonchev–Trinajstić information content (AvgIpc) is 3.00. The molecule has 6 nitrogen and oxygen atoms in total. The number of para-hydroxylation sites is 1. The molecule has 0 fully saturated rings. The van der Waals surface area contributed by atoms with Crippen LogP contribution in [-0.4, -0.2) is 26.6 Å². The Hall–Kier alpha value is -2.19. The minimum Gasteiger partial charge on any atom is -0.309 e. The summed E-state index contributed by atoms with van der Waals surface area (Å²) in [5.41, 5.74) is 0.502. The number of rotatable bonds is 5. The Labute approximate surface area is 134 Å². The molecule has 1 aromatic carbocycles. The summed E-state index contributed by atoms with van der Waals surface area (Å²) in [5, 5.41) is 5.66. The van der Waals surface area contributed by atoms with Crippen LogP contribution in [0.15, 0.2) is 40.6 Å². The summed E-state index contributed by atoms with van der Waals surface area (Å²) in [6.07, 6.45) is 1.64. The summed E-state index contributed by atoms with van der Waals surface area (Å²) in [7, 11) is 0. The SMILES string of the molecule is O=C(CSCc1nc2ccccc2c(=O)[nH]1)Nc1nccs1. The first kappa shape index (κ1) is 14.7. The third kappa shape index (κ3) is 3.52. The standard InChI is InChI=1S/C14H12N4O2S2/c19-12(18-14-15-5-6-22-14)8-21-7-11-16-10-4-2-1-3-9(10)13(20)17-11/h1-6H,7-8H2,(H,15,18,19)(H,16,17,20). The molecule has 0 saturated carbocycles. The van der Waals surface area contributed by atoms with E-state index in [0.717, 1.165) is 0 Å². The van der Waals surface area contributed by atoms with E-state index in [4.69, 9.17) is 0 Å². The third-order valence-corrected chi connectivity index (χ3v) is 4.44. The van der Waals surface area contributed by atoms with Crippen LogP contribution in [0.3, 0.4) is 0 Å². The van der Waals surface area contributed by atoms with Crippen molar-refractivity contribution in [1.29, 1.82) is 0 Å². The summed E-state index contributed by atoms with van der Waals surface area (Å²) in [4.78, 5) is 34.8. The van der Waals surface area contributed by atoms with Crippen LogP contribution in [0.1, 0.15) is 5.82 Å². The number of thiazole rings is 1. The van der Waals surface area contributed by atoms with Crippen molar-refractivity contribution in [3.63, 3.8) is 0 Å². The number of aromatic nitrogens is 3. The first-order chi connectivity index (χ1) is 10.7. The molecule has 3 rings (SSSR count). The molecule has 0 aliphatic rings. The number of fused-ring (bicyclic) bond motifs is 1. The fourth-order valence-electron chi connectivity index (χ4n) is 1.88. The molecule has 0 bridgehead atoms. The van der Waals surface area contributed by atoms with Crippen molar-refractivity contribution in [3.05, 3.63) is 52.0 Å². The molecule has 3 aromatic rings. The number of nitrogens with zero attached hydrogens (tertiary/aromatic N) is 2. The second-order valence-electron chi connectivity index (χ2n) is 4.41. The lowest BCUT2D eigenvalue weighted by Gasteiger charge is -2.03. The van der Waals surface area contributed by atoms with Gasteiger partial charge in [0.05, 0.1) is 22.4 Å². The fraction of sp³-hybridized carbons (Fsp3) is 0.143. The van der Waals surface area contributed by atoms with Crippen molar-refractivity contribution in [3.8, 4) is 0 Å². The van der Waals surface area contributed by atoms with E-state index in [1.165, 1.54) is 23.1 Å². The molecular weight excluding hydrogens is 320 g/mol. The van der Waals surface area contributed by atoms with E-state index < -0.39 is 0 Å². The zero-order valence-corrected chi connectivity index (χ0v) is 13.0. The molecule has 0 aliphatic carbocycles. The highest BCUT2D eigenvalue weighted by Crippen LogP contribution is 2.13. The van der Waals surface area contributed by atoms with Gasteiger partial charge >= 0.3 is 0 Å². The second-order valence-corrected chi connectivity index (χ2v) is 6.29. The summed E-state index contributed by atoms with van der Waals surface area (Å²) in [5.74, 6) is 1.18. The predicted molar refractivity (Wildman–Crippen MR) is 89.3 cm³/mol. The van der Waals surface area contributed by atoms with Crippen LogP contribution in [-0.2, 0) is 10.5 Å². The van der Waals surface area contributed by atoms with Gasteiger partial charge in [0.1, 0.15) is 5.82 Å². The quantitative estimate of drug-likeness (QED) is 0.748. The van der Waals surface area contributed by atoms with Gasteiger partial charge in [-0.1, -0.05) is 12.1 Å². The molecule has 8 heteroatoms. The number of carbonyl (C=O) groups is 1. The highest BCUT2D eigenvalue weighted by Gasteiger charge is 2.07. The average molecular weight is 332 g/mol. The van der Waals surface area contributed by atoms with Crippen molar-refractivity contribution in [2.45, 2.75) is 5.75 Å². The van der Waals surface area contributed by atoms with Crippen LogP contribution >= 0.6 is 23.1 Å². The Kier molecular flexibility index (Phi) is 4.50. The van der Waals surface area contributed by atoms with Gasteiger partial charge in [-0.25, -0.2) is 9.97 Å². The first-order valence-corrected chi connectivity index (χ1v) is 8.51. The van der Waals surface area contributed by atoms with Crippen molar-refractivity contribution in [2.75, 3.05) is 11.1 Å². The van der Waals surface area contributed by atoms with Crippen LogP contribution in [0.4, 0.5) is 5.13 Å². The molecular formula is C14H12N4O2S2. The molecule has 112 valence electrons. The van der Waals surface area contributed by atoms with E-state index in [2.05, 4.69) is 20.3 Å². The minimum atomic E-state index is -0.159. The fourth-order valence-corrected chi connectivity index (χ4v) is 3.12. The smallest absolute Gasteiger partial charge is 0.258 e. The van der Waals surface area contributed by atoms with Crippen molar-refractivity contribution < 1.29 is 4.79 Å². The summed E-state index contributed by atoms with van der Waals surface area (Å²) in [6, 6.07) is 7.18. The monoisotopic (exact) mass is 332 g/mol. The van der Waals surface area contributed by atoms with Gasteiger partial charge in [0.15, 0.2) is 5.13 Å². The molecule has 2 aromatic heterocycles. The predicted octanol–water partition coefficient (Wildman–Crippen LogP) is 2.25. The number of thioether (sulfide) groups is 1. The van der Waals surface area contributed by atoms with Crippen LogP contribution in [0.2, 0.25) is 0 Å². The first-order valence-electron chi connectivity index (χ1n) is 6.47. The van der Waals surface area contributed by atoms with Crippen molar-refractivity contribution >= 4 is 45.0 Å². The number of benzene rings is 1. The Bertz CT molecular complexity index is 845. The number of carbonyl (C=O) groups excluding carboxylic acids is 1. The van der Waals surface area contributed by atoms with E-state index in [1.54, 1.807) is 29.8 Å². The lowest BCUT2D eigenvalue weighted by molar-refractivity contribution is -0.113.